The number of esters is 2. The first kappa shape index (κ1) is 23.5. The minimum atomic E-state index is -4.67. The summed E-state index contributed by atoms with van der Waals surface area (Å²) in [5, 5.41) is 1.72. The van der Waals surface area contributed by atoms with Crippen LogP contribution in [0, 0.1) is 0 Å². The Morgan fingerprint density at radius 1 is 1.18 bits per heavy atom. The second-order valence-electron chi connectivity index (χ2n) is 5.50. The molecule has 0 aliphatic rings. The van der Waals surface area contributed by atoms with E-state index in [2.05, 4.69) is 10.1 Å². The van der Waals surface area contributed by atoms with Gasteiger partial charge in [0, 0.05) is 19.6 Å². The molecule has 0 saturated carbocycles. The van der Waals surface area contributed by atoms with Gasteiger partial charge in [-0.05, 0) is 24.6 Å². The predicted octanol–water partition coefficient (Wildman–Crippen LogP) is 2.57. The van der Waals surface area contributed by atoms with Gasteiger partial charge in [0.15, 0.2) is 0 Å². The van der Waals surface area contributed by atoms with Gasteiger partial charge in [0.1, 0.15) is 11.8 Å². The number of methoxy groups -OCH3 is 1. The smallest absolute Gasteiger partial charge is 0.416 e. The third-order valence-electron chi connectivity index (χ3n) is 3.29. The highest BCUT2D eigenvalue weighted by molar-refractivity contribution is 8.14. The van der Waals surface area contributed by atoms with Crippen molar-refractivity contribution in [3.05, 3.63) is 29.3 Å². The number of hydrogen-bond acceptors (Lipinski definition) is 7. The Kier molecular flexibility index (Phi) is 8.48. The summed E-state index contributed by atoms with van der Waals surface area (Å²) in [6.07, 6.45) is -4.62. The van der Waals surface area contributed by atoms with E-state index >= 15 is 0 Å². The zero-order valence-electron chi connectivity index (χ0n) is 15.2. The number of nitrogens with one attached hydrogen (secondary N) is 1. The van der Waals surface area contributed by atoms with Gasteiger partial charge in [-0.25, -0.2) is 4.79 Å². The average molecular weight is 421 g/mol. The average Bonchev–Trinajstić information content (AvgIpc) is 2.58. The monoisotopic (exact) mass is 421 g/mol. The molecule has 0 spiro atoms. The molecule has 0 aromatic heterocycles. The number of halogens is 3. The summed E-state index contributed by atoms with van der Waals surface area (Å²) in [4.78, 5) is 46.2. The fourth-order valence-corrected chi connectivity index (χ4v) is 2.95. The number of thioether (sulfide) groups is 1. The molecule has 0 heterocycles. The van der Waals surface area contributed by atoms with Crippen molar-refractivity contribution in [3.63, 3.8) is 0 Å². The number of amides is 1. The summed E-state index contributed by atoms with van der Waals surface area (Å²) >= 11 is 0.697. The number of benzene rings is 1. The SMILES string of the molecule is COC(=O)[C@H](CCSC(=O)c1ccc(C(F)(F)F)cc1OC(C)=O)NC(C)=O. The van der Waals surface area contributed by atoms with E-state index in [0.717, 1.165) is 20.1 Å². The molecule has 0 bridgehead atoms. The molecule has 0 aliphatic carbocycles. The molecule has 7 nitrogen and oxygen atoms in total. The largest absolute Gasteiger partial charge is 0.467 e. The molecule has 0 aliphatic heterocycles. The molecule has 1 N–H and O–H groups in total. The van der Waals surface area contributed by atoms with Crippen molar-refractivity contribution in [1.82, 2.24) is 5.32 Å². The Bertz CT molecular complexity index is 766. The molecule has 0 fully saturated rings. The van der Waals surface area contributed by atoms with Gasteiger partial charge in [-0.2, -0.15) is 13.2 Å². The summed E-state index contributed by atoms with van der Waals surface area (Å²) < 4.78 is 47.8. The number of rotatable bonds is 7. The first-order valence-corrected chi connectivity index (χ1v) is 8.86. The van der Waals surface area contributed by atoms with E-state index < -0.39 is 46.5 Å². The summed E-state index contributed by atoms with van der Waals surface area (Å²) in [7, 11) is 1.14. The van der Waals surface area contributed by atoms with Crippen molar-refractivity contribution in [3.8, 4) is 5.75 Å². The normalized spacial score (nSPS) is 12.1. The number of hydrogen-bond donors (Lipinski definition) is 1. The van der Waals surface area contributed by atoms with Crippen molar-refractivity contribution in [2.75, 3.05) is 12.9 Å². The lowest BCUT2D eigenvalue weighted by Gasteiger charge is -2.15. The minimum Gasteiger partial charge on any atom is -0.467 e. The minimum absolute atomic E-state index is 0.0478. The van der Waals surface area contributed by atoms with Crippen LogP contribution < -0.4 is 10.1 Å². The maximum atomic E-state index is 12.8. The Morgan fingerprint density at radius 3 is 2.32 bits per heavy atom. The Morgan fingerprint density at radius 2 is 1.82 bits per heavy atom. The van der Waals surface area contributed by atoms with Gasteiger partial charge >= 0.3 is 18.1 Å². The molecule has 1 atom stereocenters. The second kappa shape index (κ2) is 10.1. The van der Waals surface area contributed by atoms with Gasteiger partial charge in [-0.15, -0.1) is 0 Å². The molecule has 28 heavy (non-hydrogen) atoms. The van der Waals surface area contributed by atoms with Gasteiger partial charge in [0.2, 0.25) is 11.0 Å². The van der Waals surface area contributed by atoms with E-state index in [0.29, 0.717) is 23.9 Å². The summed E-state index contributed by atoms with van der Waals surface area (Å²) in [5.74, 6) is -2.50. The van der Waals surface area contributed by atoms with Gasteiger partial charge in [0.05, 0.1) is 18.2 Å². The van der Waals surface area contributed by atoms with Crippen LogP contribution in [0.4, 0.5) is 13.2 Å². The van der Waals surface area contributed by atoms with E-state index in [1.807, 2.05) is 0 Å². The van der Waals surface area contributed by atoms with E-state index in [9.17, 15) is 32.3 Å². The molecule has 0 unspecified atom stereocenters. The highest BCUT2D eigenvalue weighted by Crippen LogP contribution is 2.34. The Labute approximate surface area is 162 Å². The number of carbonyl (C=O) groups excluding carboxylic acids is 4. The highest BCUT2D eigenvalue weighted by Gasteiger charge is 2.32. The molecule has 1 aromatic carbocycles. The van der Waals surface area contributed by atoms with Crippen LogP contribution in [0.3, 0.4) is 0 Å². The van der Waals surface area contributed by atoms with Crippen molar-refractivity contribution >= 4 is 34.7 Å². The summed E-state index contributed by atoms with van der Waals surface area (Å²) in [5.41, 5.74) is -1.29. The first-order valence-electron chi connectivity index (χ1n) is 7.87. The standard InChI is InChI=1S/C17H18F3NO6S/c1-9(22)21-13(15(24)26-3)6-7-28-16(25)12-5-4-11(17(18,19)20)8-14(12)27-10(2)23/h4-5,8,13H,6-7H2,1-3H3,(H,21,22)/t13-/m0/s1. The fourth-order valence-electron chi connectivity index (χ4n) is 2.09. The maximum Gasteiger partial charge on any atom is 0.416 e. The molecule has 154 valence electrons. The summed E-state index contributed by atoms with van der Waals surface area (Å²) in [6.45, 7) is 2.21. The molecule has 11 heteroatoms. The third-order valence-corrected chi connectivity index (χ3v) is 4.21. The van der Waals surface area contributed by atoms with Crippen LogP contribution in [0.5, 0.6) is 5.75 Å². The second-order valence-corrected chi connectivity index (χ2v) is 6.57. The Hall–Kier alpha value is -2.56. The van der Waals surface area contributed by atoms with Crippen molar-refractivity contribution < 1.29 is 41.8 Å². The Balaban J connectivity index is 2.91. The number of carbonyl (C=O) groups is 4. The van der Waals surface area contributed by atoms with E-state index in [1.54, 1.807) is 0 Å². The van der Waals surface area contributed by atoms with Crippen LogP contribution in [-0.4, -0.2) is 41.9 Å². The van der Waals surface area contributed by atoms with Gasteiger partial charge in [-0.1, -0.05) is 11.8 Å². The lowest BCUT2D eigenvalue weighted by atomic mass is 10.1. The van der Waals surface area contributed by atoms with Gasteiger partial charge in [-0.3, -0.25) is 14.4 Å². The molecular weight excluding hydrogens is 403 g/mol. The lowest BCUT2D eigenvalue weighted by molar-refractivity contribution is -0.144. The number of ether oxygens (including phenoxy) is 2. The highest BCUT2D eigenvalue weighted by atomic mass is 32.2. The quantitative estimate of drug-likeness (QED) is 0.534. The molecule has 1 amide bonds. The molecule has 0 saturated heterocycles. The van der Waals surface area contributed by atoms with Crippen molar-refractivity contribution in [2.45, 2.75) is 32.5 Å². The van der Waals surface area contributed by atoms with Crippen molar-refractivity contribution in [1.29, 1.82) is 0 Å². The molecule has 0 radical (unpaired) electrons. The van der Waals surface area contributed by atoms with Crippen LogP contribution in [0.2, 0.25) is 0 Å². The van der Waals surface area contributed by atoms with Crippen LogP contribution in [0.25, 0.3) is 0 Å². The van der Waals surface area contributed by atoms with Crippen LogP contribution in [0.15, 0.2) is 18.2 Å². The van der Waals surface area contributed by atoms with E-state index in [-0.39, 0.29) is 17.7 Å². The maximum absolute atomic E-state index is 12.8. The van der Waals surface area contributed by atoms with Crippen LogP contribution >= 0.6 is 11.8 Å². The van der Waals surface area contributed by atoms with Gasteiger partial charge < -0.3 is 14.8 Å². The zero-order valence-corrected chi connectivity index (χ0v) is 16.0. The van der Waals surface area contributed by atoms with Crippen LogP contribution in [0.1, 0.15) is 36.2 Å². The predicted molar refractivity (Wildman–Crippen MR) is 93.8 cm³/mol. The topological polar surface area (TPSA) is 98.8 Å². The fraction of sp³-hybridized carbons (Fsp3) is 0.412. The third kappa shape index (κ3) is 7.22. The number of alkyl halides is 3. The molecular formula is C17H18F3NO6S. The van der Waals surface area contributed by atoms with Crippen molar-refractivity contribution in [2.24, 2.45) is 0 Å². The summed E-state index contributed by atoms with van der Waals surface area (Å²) in [6, 6.07) is 1.23. The van der Waals surface area contributed by atoms with Crippen LogP contribution in [-0.2, 0) is 25.3 Å². The van der Waals surface area contributed by atoms with E-state index in [1.165, 1.54) is 6.92 Å². The molecule has 1 rings (SSSR count). The molecule has 1 aromatic rings. The zero-order chi connectivity index (χ0) is 21.5. The lowest BCUT2D eigenvalue weighted by Crippen LogP contribution is -2.40. The first-order chi connectivity index (χ1) is 13.0. The van der Waals surface area contributed by atoms with E-state index in [4.69, 9.17) is 4.74 Å². The van der Waals surface area contributed by atoms with Gasteiger partial charge in [0.25, 0.3) is 0 Å².